The van der Waals surface area contributed by atoms with Gasteiger partial charge in [0, 0.05) is 11.8 Å². The van der Waals surface area contributed by atoms with Gasteiger partial charge in [0.25, 0.3) is 0 Å². The van der Waals surface area contributed by atoms with Crippen molar-refractivity contribution in [2.45, 2.75) is 0 Å². The first-order chi connectivity index (χ1) is 8.50. The van der Waals surface area contributed by atoms with Crippen molar-refractivity contribution in [1.82, 2.24) is 4.98 Å². The molecular weight excluding hydrogens is 267 g/mol. The van der Waals surface area contributed by atoms with Crippen LogP contribution in [0.25, 0.3) is 0 Å². The average molecular weight is 272 g/mol. The number of hydrogen-bond donors (Lipinski definition) is 0. The van der Waals surface area contributed by atoms with Gasteiger partial charge in [-0.05, 0) is 24.3 Å². The smallest absolute Gasteiger partial charge is 0.197 e. The molecule has 0 fully saturated rings. The number of pyridine rings is 1. The van der Waals surface area contributed by atoms with Gasteiger partial charge in [-0.25, -0.2) is 18.2 Å². The van der Waals surface area contributed by atoms with E-state index in [1.807, 2.05) is 0 Å². The van der Waals surface area contributed by atoms with E-state index < -0.39 is 28.8 Å². The van der Waals surface area contributed by atoms with E-state index in [4.69, 9.17) is 11.6 Å². The van der Waals surface area contributed by atoms with Gasteiger partial charge in [-0.3, -0.25) is 4.79 Å². The van der Waals surface area contributed by atoms with Gasteiger partial charge in [-0.15, -0.1) is 0 Å². The van der Waals surface area contributed by atoms with E-state index in [2.05, 4.69) is 4.98 Å². The van der Waals surface area contributed by atoms with Gasteiger partial charge in [-0.2, -0.15) is 0 Å². The molecule has 0 unspecified atom stereocenters. The molecule has 0 saturated heterocycles. The van der Waals surface area contributed by atoms with E-state index in [0.29, 0.717) is 6.07 Å². The fourth-order valence-corrected chi connectivity index (χ4v) is 1.48. The number of ketones is 1. The SMILES string of the molecule is O=C(c1ccc(Cl)nc1)c1ccc(F)c(F)c1F. The van der Waals surface area contributed by atoms with Crippen LogP contribution in [-0.2, 0) is 0 Å². The van der Waals surface area contributed by atoms with Gasteiger partial charge in [-0.1, -0.05) is 11.6 Å². The van der Waals surface area contributed by atoms with Crippen LogP contribution in [0.4, 0.5) is 13.2 Å². The molecule has 1 aromatic carbocycles. The number of hydrogen-bond acceptors (Lipinski definition) is 2. The van der Waals surface area contributed by atoms with E-state index in [1.54, 1.807) is 0 Å². The molecule has 1 heterocycles. The van der Waals surface area contributed by atoms with Crippen LogP contribution in [0.1, 0.15) is 15.9 Å². The molecule has 0 bridgehead atoms. The minimum absolute atomic E-state index is 0.0318. The van der Waals surface area contributed by atoms with Crippen molar-refractivity contribution in [3.8, 4) is 0 Å². The summed E-state index contributed by atoms with van der Waals surface area (Å²) in [6.07, 6.45) is 1.13. The lowest BCUT2D eigenvalue weighted by molar-refractivity contribution is 0.103. The Morgan fingerprint density at radius 2 is 1.78 bits per heavy atom. The fraction of sp³-hybridized carbons (Fsp3) is 0. The Labute approximate surface area is 105 Å². The van der Waals surface area contributed by atoms with Crippen molar-refractivity contribution < 1.29 is 18.0 Å². The number of benzene rings is 1. The fourth-order valence-electron chi connectivity index (χ4n) is 1.37. The molecule has 0 spiro atoms. The summed E-state index contributed by atoms with van der Waals surface area (Å²) >= 11 is 5.53. The summed E-state index contributed by atoms with van der Waals surface area (Å²) < 4.78 is 39.1. The summed E-state index contributed by atoms with van der Waals surface area (Å²) in [7, 11) is 0. The molecule has 2 rings (SSSR count). The van der Waals surface area contributed by atoms with Crippen LogP contribution in [0.2, 0.25) is 5.15 Å². The molecule has 0 aliphatic carbocycles. The highest BCUT2D eigenvalue weighted by Crippen LogP contribution is 2.18. The predicted molar refractivity (Wildman–Crippen MR) is 59.0 cm³/mol. The molecule has 0 aliphatic rings. The van der Waals surface area contributed by atoms with Gasteiger partial charge in [0.2, 0.25) is 0 Å². The van der Waals surface area contributed by atoms with E-state index >= 15 is 0 Å². The summed E-state index contributed by atoms with van der Waals surface area (Å²) in [6.45, 7) is 0. The highest BCUT2D eigenvalue weighted by molar-refractivity contribution is 6.29. The number of rotatable bonds is 2. The third-order valence-electron chi connectivity index (χ3n) is 2.27. The molecule has 18 heavy (non-hydrogen) atoms. The minimum Gasteiger partial charge on any atom is -0.288 e. The first-order valence-electron chi connectivity index (χ1n) is 4.80. The maximum atomic E-state index is 13.4. The highest BCUT2D eigenvalue weighted by Gasteiger charge is 2.20. The molecular formula is C12H5ClF3NO. The van der Waals surface area contributed by atoms with Crippen molar-refractivity contribution >= 4 is 17.4 Å². The van der Waals surface area contributed by atoms with Crippen LogP contribution < -0.4 is 0 Å². The zero-order valence-electron chi connectivity index (χ0n) is 8.75. The molecule has 92 valence electrons. The Morgan fingerprint density at radius 3 is 2.39 bits per heavy atom. The maximum Gasteiger partial charge on any atom is 0.197 e. The number of nitrogens with zero attached hydrogens (tertiary/aromatic N) is 1. The minimum atomic E-state index is -1.68. The molecule has 0 amide bonds. The molecule has 2 aromatic rings. The van der Waals surface area contributed by atoms with Crippen molar-refractivity contribution in [1.29, 1.82) is 0 Å². The first kappa shape index (κ1) is 12.6. The van der Waals surface area contributed by atoms with Crippen molar-refractivity contribution in [3.63, 3.8) is 0 Å². The third-order valence-corrected chi connectivity index (χ3v) is 2.49. The number of carbonyl (C=O) groups is 1. The normalized spacial score (nSPS) is 10.4. The first-order valence-corrected chi connectivity index (χ1v) is 5.18. The molecule has 6 heteroatoms. The van der Waals surface area contributed by atoms with Gasteiger partial charge in [0.05, 0.1) is 5.56 Å². The maximum absolute atomic E-state index is 13.4. The third kappa shape index (κ3) is 2.22. The number of aromatic nitrogens is 1. The monoisotopic (exact) mass is 271 g/mol. The molecule has 0 saturated carbocycles. The van der Waals surface area contributed by atoms with E-state index in [0.717, 1.165) is 12.3 Å². The molecule has 1 aromatic heterocycles. The van der Waals surface area contributed by atoms with E-state index in [9.17, 15) is 18.0 Å². The summed E-state index contributed by atoms with van der Waals surface area (Å²) in [5, 5.41) is 0.164. The zero-order valence-corrected chi connectivity index (χ0v) is 9.51. The van der Waals surface area contributed by atoms with E-state index in [-0.39, 0.29) is 10.7 Å². The largest absolute Gasteiger partial charge is 0.288 e. The van der Waals surface area contributed by atoms with Gasteiger partial charge in [0.15, 0.2) is 23.2 Å². The van der Waals surface area contributed by atoms with Crippen molar-refractivity contribution in [2.24, 2.45) is 0 Å². The summed E-state index contributed by atoms with van der Waals surface area (Å²) in [6, 6.07) is 4.23. The molecule has 0 atom stereocenters. The Kier molecular flexibility index (Phi) is 3.34. The lowest BCUT2D eigenvalue weighted by atomic mass is 10.0. The lowest BCUT2D eigenvalue weighted by Crippen LogP contribution is -2.07. The van der Waals surface area contributed by atoms with Crippen LogP contribution in [-0.4, -0.2) is 10.8 Å². The molecule has 0 aliphatic heterocycles. The zero-order chi connectivity index (χ0) is 13.3. The standard InChI is InChI=1S/C12H5ClF3NO/c13-9-4-1-6(5-17-9)12(18)7-2-3-8(14)11(16)10(7)15/h1-5H. The average Bonchev–Trinajstić information content (AvgIpc) is 2.36. The van der Waals surface area contributed by atoms with Crippen LogP contribution in [0.15, 0.2) is 30.5 Å². The second-order valence-corrected chi connectivity index (χ2v) is 3.81. The molecule has 0 N–H and O–H groups in total. The van der Waals surface area contributed by atoms with Gasteiger partial charge < -0.3 is 0 Å². The predicted octanol–water partition coefficient (Wildman–Crippen LogP) is 3.38. The second-order valence-electron chi connectivity index (χ2n) is 3.42. The van der Waals surface area contributed by atoms with Crippen LogP contribution in [0.5, 0.6) is 0 Å². The quantitative estimate of drug-likeness (QED) is 0.476. The van der Waals surface area contributed by atoms with Crippen LogP contribution in [0, 0.1) is 17.5 Å². The number of carbonyl (C=O) groups excluding carboxylic acids is 1. The topological polar surface area (TPSA) is 30.0 Å². The van der Waals surface area contributed by atoms with Crippen molar-refractivity contribution in [3.05, 3.63) is 64.2 Å². The lowest BCUT2D eigenvalue weighted by Gasteiger charge is -2.03. The molecule has 0 radical (unpaired) electrons. The Morgan fingerprint density at radius 1 is 1.06 bits per heavy atom. The summed E-state index contributed by atoms with van der Waals surface area (Å²) in [5.74, 6) is -5.34. The van der Waals surface area contributed by atoms with E-state index in [1.165, 1.54) is 12.1 Å². The summed E-state index contributed by atoms with van der Waals surface area (Å²) in [5.41, 5.74) is -0.526. The molecule has 2 nitrogen and oxygen atoms in total. The second kappa shape index (κ2) is 4.78. The van der Waals surface area contributed by atoms with Gasteiger partial charge in [0.1, 0.15) is 5.15 Å². The van der Waals surface area contributed by atoms with Crippen molar-refractivity contribution in [2.75, 3.05) is 0 Å². The Hall–Kier alpha value is -1.88. The Balaban J connectivity index is 2.46. The Bertz CT molecular complexity index is 613. The number of halogens is 4. The van der Waals surface area contributed by atoms with Crippen LogP contribution in [0.3, 0.4) is 0 Å². The van der Waals surface area contributed by atoms with Gasteiger partial charge >= 0.3 is 0 Å². The summed E-state index contributed by atoms with van der Waals surface area (Å²) in [4.78, 5) is 15.5. The van der Waals surface area contributed by atoms with Crippen LogP contribution >= 0.6 is 11.6 Å². The highest BCUT2D eigenvalue weighted by atomic mass is 35.5.